The van der Waals surface area contributed by atoms with Crippen LogP contribution in [0.15, 0.2) is 36.7 Å². The van der Waals surface area contributed by atoms with Gasteiger partial charge in [-0.25, -0.2) is 9.97 Å². The van der Waals surface area contributed by atoms with Gasteiger partial charge in [0.1, 0.15) is 5.75 Å². The number of hydrogen-bond acceptors (Lipinski definition) is 5. The molecule has 0 atom stereocenters. The first-order valence-electron chi connectivity index (χ1n) is 13.0. The number of benzene rings is 1. The summed E-state index contributed by atoms with van der Waals surface area (Å²) in [6.45, 7) is 5.17. The van der Waals surface area contributed by atoms with Crippen LogP contribution in [0.5, 0.6) is 11.5 Å². The highest BCUT2D eigenvalue weighted by Gasteiger charge is 2.27. The van der Waals surface area contributed by atoms with Crippen molar-refractivity contribution < 1.29 is 14.3 Å². The molecule has 0 bridgehead atoms. The molecule has 2 aromatic rings. The second-order valence-corrected chi connectivity index (χ2v) is 9.31. The first kappa shape index (κ1) is 25.2. The van der Waals surface area contributed by atoms with Gasteiger partial charge in [-0.2, -0.15) is 0 Å². The second kappa shape index (κ2) is 14.0. The van der Waals surface area contributed by atoms with Crippen molar-refractivity contribution in [1.29, 1.82) is 0 Å². The molecule has 1 aromatic heterocycles. The average Bonchev–Trinajstić information content (AvgIpc) is 2.85. The molecule has 0 N–H and O–H groups in total. The minimum absolute atomic E-state index is 0.0324. The van der Waals surface area contributed by atoms with Gasteiger partial charge < -0.3 is 9.47 Å². The van der Waals surface area contributed by atoms with Crippen LogP contribution in [0.1, 0.15) is 90.9 Å². The Labute approximate surface area is 199 Å². The summed E-state index contributed by atoms with van der Waals surface area (Å²) in [5.74, 6) is 2.63. The van der Waals surface area contributed by atoms with E-state index < -0.39 is 0 Å². The molecule has 1 aromatic carbocycles. The predicted octanol–water partition coefficient (Wildman–Crippen LogP) is 7.39. The number of unbranched alkanes of at least 4 members (excludes halogenated alkanes) is 5. The van der Waals surface area contributed by atoms with Gasteiger partial charge in [0, 0.05) is 5.56 Å². The number of rotatable bonds is 13. The van der Waals surface area contributed by atoms with E-state index >= 15 is 0 Å². The van der Waals surface area contributed by atoms with Crippen LogP contribution in [0.4, 0.5) is 0 Å². The van der Waals surface area contributed by atoms with E-state index in [9.17, 15) is 4.79 Å². The Kier molecular flexibility index (Phi) is 10.7. The SMILES string of the molecule is CCCCCCCCOc1cnc(-c2ccc(OC(=O)C3CCC(CCC)CC3)cc2)nc1. The third-order valence-corrected chi connectivity index (χ3v) is 6.60. The van der Waals surface area contributed by atoms with Crippen molar-refractivity contribution in [3.8, 4) is 22.9 Å². The van der Waals surface area contributed by atoms with Crippen LogP contribution >= 0.6 is 0 Å². The molecular formula is C28H40N2O3. The molecule has 0 spiro atoms. The van der Waals surface area contributed by atoms with E-state index in [1.54, 1.807) is 12.4 Å². The highest BCUT2D eigenvalue weighted by Crippen LogP contribution is 2.32. The van der Waals surface area contributed by atoms with Gasteiger partial charge in [-0.15, -0.1) is 0 Å². The fourth-order valence-electron chi connectivity index (χ4n) is 4.58. The Bertz CT molecular complexity index is 812. The van der Waals surface area contributed by atoms with E-state index in [1.807, 2.05) is 24.3 Å². The molecule has 0 aliphatic heterocycles. The maximum absolute atomic E-state index is 12.5. The van der Waals surface area contributed by atoms with Gasteiger partial charge in [0.05, 0.1) is 24.9 Å². The van der Waals surface area contributed by atoms with Crippen LogP contribution in [0.2, 0.25) is 0 Å². The normalized spacial score (nSPS) is 18.1. The predicted molar refractivity (Wildman–Crippen MR) is 132 cm³/mol. The van der Waals surface area contributed by atoms with Gasteiger partial charge in [0.15, 0.2) is 11.6 Å². The van der Waals surface area contributed by atoms with Gasteiger partial charge in [0.25, 0.3) is 0 Å². The average molecular weight is 453 g/mol. The Morgan fingerprint density at radius 1 is 0.848 bits per heavy atom. The topological polar surface area (TPSA) is 61.3 Å². The molecule has 0 amide bonds. The van der Waals surface area contributed by atoms with Crippen LogP contribution in [0.3, 0.4) is 0 Å². The third-order valence-electron chi connectivity index (χ3n) is 6.60. The lowest BCUT2D eigenvalue weighted by atomic mass is 9.80. The zero-order chi connectivity index (χ0) is 23.3. The van der Waals surface area contributed by atoms with E-state index in [0.717, 1.165) is 43.6 Å². The summed E-state index contributed by atoms with van der Waals surface area (Å²) < 4.78 is 11.4. The van der Waals surface area contributed by atoms with Crippen molar-refractivity contribution in [2.75, 3.05) is 6.61 Å². The molecule has 3 rings (SSSR count). The third kappa shape index (κ3) is 8.45. The molecule has 0 radical (unpaired) electrons. The van der Waals surface area contributed by atoms with E-state index in [1.165, 1.54) is 44.9 Å². The second-order valence-electron chi connectivity index (χ2n) is 9.31. The van der Waals surface area contributed by atoms with E-state index in [2.05, 4.69) is 23.8 Å². The summed E-state index contributed by atoms with van der Waals surface area (Å²) >= 11 is 0. The molecule has 5 nitrogen and oxygen atoms in total. The highest BCUT2D eigenvalue weighted by atomic mass is 16.5. The van der Waals surface area contributed by atoms with Crippen LogP contribution in [-0.4, -0.2) is 22.5 Å². The van der Waals surface area contributed by atoms with Crippen molar-refractivity contribution in [3.63, 3.8) is 0 Å². The quantitative estimate of drug-likeness (QED) is 0.180. The smallest absolute Gasteiger partial charge is 0.314 e. The summed E-state index contributed by atoms with van der Waals surface area (Å²) in [5, 5.41) is 0. The number of carbonyl (C=O) groups is 1. The lowest BCUT2D eigenvalue weighted by molar-refractivity contribution is -0.140. The lowest BCUT2D eigenvalue weighted by Gasteiger charge is -2.26. The maximum Gasteiger partial charge on any atom is 0.314 e. The Hall–Kier alpha value is -2.43. The molecule has 1 heterocycles. The van der Waals surface area contributed by atoms with Crippen molar-refractivity contribution in [1.82, 2.24) is 9.97 Å². The molecular weight excluding hydrogens is 412 g/mol. The highest BCUT2D eigenvalue weighted by molar-refractivity contribution is 5.75. The van der Waals surface area contributed by atoms with E-state index in [4.69, 9.17) is 9.47 Å². The number of ether oxygens (including phenoxy) is 2. The van der Waals surface area contributed by atoms with Crippen LogP contribution in [0, 0.1) is 11.8 Å². The number of aromatic nitrogens is 2. The van der Waals surface area contributed by atoms with Gasteiger partial charge >= 0.3 is 5.97 Å². The monoisotopic (exact) mass is 452 g/mol. The van der Waals surface area contributed by atoms with Crippen LogP contribution in [-0.2, 0) is 4.79 Å². The fourth-order valence-corrected chi connectivity index (χ4v) is 4.58. The standard InChI is InChI=1S/C28H40N2O3/c1-3-5-6-7-8-9-19-32-26-20-29-27(30-21-26)23-15-17-25(18-16-23)33-28(31)24-13-11-22(10-4-2)12-14-24/h15-18,20-22,24H,3-14,19H2,1-2H3. The van der Waals surface area contributed by atoms with Crippen molar-refractivity contribution in [3.05, 3.63) is 36.7 Å². The summed E-state index contributed by atoms with van der Waals surface area (Å²) in [6, 6.07) is 7.43. The van der Waals surface area contributed by atoms with E-state index in [0.29, 0.717) is 23.9 Å². The van der Waals surface area contributed by atoms with Gasteiger partial charge in [-0.3, -0.25) is 4.79 Å². The number of carbonyl (C=O) groups excluding carboxylic acids is 1. The van der Waals surface area contributed by atoms with Crippen molar-refractivity contribution in [2.24, 2.45) is 11.8 Å². The summed E-state index contributed by atoms with van der Waals surface area (Å²) in [6.07, 6.45) is 17.6. The van der Waals surface area contributed by atoms with Crippen molar-refractivity contribution >= 4 is 5.97 Å². The van der Waals surface area contributed by atoms with Crippen LogP contribution < -0.4 is 9.47 Å². The number of hydrogen-bond donors (Lipinski definition) is 0. The first-order chi connectivity index (χ1) is 16.2. The summed E-state index contributed by atoms with van der Waals surface area (Å²) in [5.41, 5.74) is 0.886. The molecule has 1 fully saturated rings. The molecule has 1 saturated carbocycles. The fraction of sp³-hybridized carbons (Fsp3) is 0.607. The summed E-state index contributed by atoms with van der Waals surface area (Å²) in [4.78, 5) is 21.4. The molecule has 180 valence electrons. The molecule has 1 aliphatic carbocycles. The minimum atomic E-state index is -0.0965. The molecule has 1 aliphatic rings. The zero-order valence-electron chi connectivity index (χ0n) is 20.4. The van der Waals surface area contributed by atoms with Gasteiger partial charge in [0.2, 0.25) is 0 Å². The number of esters is 1. The molecule has 0 saturated heterocycles. The zero-order valence-corrected chi connectivity index (χ0v) is 20.4. The minimum Gasteiger partial charge on any atom is -0.490 e. The Morgan fingerprint density at radius 3 is 2.18 bits per heavy atom. The molecule has 0 unspecified atom stereocenters. The first-order valence-corrected chi connectivity index (χ1v) is 13.0. The molecule has 5 heteroatoms. The summed E-state index contributed by atoms with van der Waals surface area (Å²) in [7, 11) is 0. The molecule has 33 heavy (non-hydrogen) atoms. The van der Waals surface area contributed by atoms with Crippen molar-refractivity contribution in [2.45, 2.75) is 90.9 Å². The largest absolute Gasteiger partial charge is 0.490 e. The van der Waals surface area contributed by atoms with Gasteiger partial charge in [-0.1, -0.05) is 58.8 Å². The number of nitrogens with zero attached hydrogens (tertiary/aromatic N) is 2. The maximum atomic E-state index is 12.5. The van der Waals surface area contributed by atoms with Crippen LogP contribution in [0.25, 0.3) is 11.4 Å². The Morgan fingerprint density at radius 2 is 1.52 bits per heavy atom. The lowest BCUT2D eigenvalue weighted by Crippen LogP contribution is -2.25. The Balaban J connectivity index is 1.41. The van der Waals surface area contributed by atoms with E-state index in [-0.39, 0.29) is 11.9 Å². The van der Waals surface area contributed by atoms with Gasteiger partial charge in [-0.05, 0) is 62.3 Å².